The first-order valence-electron chi connectivity index (χ1n) is 7.93. The van der Waals surface area contributed by atoms with Gasteiger partial charge in [-0.25, -0.2) is 4.98 Å². The molecule has 0 atom stereocenters. The van der Waals surface area contributed by atoms with Crippen LogP contribution in [0.2, 0.25) is 5.02 Å². The van der Waals surface area contributed by atoms with Crippen molar-refractivity contribution in [2.75, 3.05) is 31.1 Å². The maximum atomic E-state index is 6.31. The van der Waals surface area contributed by atoms with Crippen molar-refractivity contribution in [3.63, 3.8) is 0 Å². The van der Waals surface area contributed by atoms with Crippen molar-refractivity contribution >= 4 is 28.3 Å². The van der Waals surface area contributed by atoms with E-state index in [4.69, 9.17) is 11.6 Å². The van der Waals surface area contributed by atoms with Crippen LogP contribution in [0.25, 0.3) is 11.0 Å². The summed E-state index contributed by atoms with van der Waals surface area (Å²) < 4.78 is 2.22. The lowest BCUT2D eigenvalue weighted by Crippen LogP contribution is -2.46. The number of hydrogen-bond donors (Lipinski definition) is 0. The first-order valence-corrected chi connectivity index (χ1v) is 8.31. The molecular weight excluding hydrogens is 308 g/mol. The highest BCUT2D eigenvalue weighted by Crippen LogP contribution is 2.26. The number of para-hydroxylation sites is 3. The summed E-state index contributed by atoms with van der Waals surface area (Å²) in [6.45, 7) is 4.93. The van der Waals surface area contributed by atoms with E-state index in [1.54, 1.807) is 0 Å². The molecule has 0 aliphatic carbocycles. The molecular formula is C18H19ClN4. The molecule has 4 rings (SSSR count). The average Bonchev–Trinajstić information content (AvgIpc) is 2.99. The molecule has 23 heavy (non-hydrogen) atoms. The van der Waals surface area contributed by atoms with E-state index in [2.05, 4.69) is 43.6 Å². The third-order valence-electron chi connectivity index (χ3n) is 4.45. The fourth-order valence-corrected chi connectivity index (χ4v) is 3.43. The normalized spacial score (nSPS) is 16.1. The smallest absolute Gasteiger partial charge is 0.0969 e. The van der Waals surface area contributed by atoms with E-state index < -0.39 is 0 Å². The quantitative estimate of drug-likeness (QED) is 0.736. The maximum Gasteiger partial charge on any atom is 0.0969 e. The Hall–Kier alpha value is -2.04. The van der Waals surface area contributed by atoms with Crippen LogP contribution in [-0.4, -0.2) is 40.6 Å². The van der Waals surface area contributed by atoms with Crippen LogP contribution < -0.4 is 4.90 Å². The minimum Gasteiger partial charge on any atom is -0.368 e. The number of piperazine rings is 1. The Kier molecular flexibility index (Phi) is 3.93. The van der Waals surface area contributed by atoms with E-state index >= 15 is 0 Å². The molecule has 1 fully saturated rings. The van der Waals surface area contributed by atoms with Crippen molar-refractivity contribution in [3.05, 3.63) is 59.9 Å². The maximum absolute atomic E-state index is 6.31. The fourth-order valence-electron chi connectivity index (χ4n) is 3.18. The summed E-state index contributed by atoms with van der Waals surface area (Å²) in [6.07, 6.45) is 1.94. The second-order valence-electron chi connectivity index (χ2n) is 5.90. The van der Waals surface area contributed by atoms with Crippen LogP contribution in [-0.2, 0) is 6.67 Å². The van der Waals surface area contributed by atoms with Gasteiger partial charge in [0, 0.05) is 26.2 Å². The van der Waals surface area contributed by atoms with Crippen LogP contribution in [0.4, 0.5) is 5.69 Å². The summed E-state index contributed by atoms with van der Waals surface area (Å²) in [4.78, 5) is 9.29. The van der Waals surface area contributed by atoms with Crippen molar-refractivity contribution in [2.24, 2.45) is 0 Å². The van der Waals surface area contributed by atoms with Crippen molar-refractivity contribution in [1.82, 2.24) is 14.5 Å². The topological polar surface area (TPSA) is 24.3 Å². The van der Waals surface area contributed by atoms with Gasteiger partial charge >= 0.3 is 0 Å². The van der Waals surface area contributed by atoms with Gasteiger partial charge in [-0.3, -0.25) is 4.90 Å². The lowest BCUT2D eigenvalue weighted by atomic mass is 10.2. The SMILES string of the molecule is Clc1ccccc1N1CCN(Cn2cnc3ccccc32)CC1. The number of anilines is 1. The molecule has 1 aliphatic heterocycles. The standard InChI is InChI=1S/C18H19ClN4/c19-15-5-1-3-7-17(15)22-11-9-21(10-12-22)14-23-13-20-16-6-2-4-8-18(16)23/h1-8,13H,9-12,14H2. The van der Waals surface area contributed by atoms with Gasteiger partial charge in [-0.1, -0.05) is 35.9 Å². The third-order valence-corrected chi connectivity index (χ3v) is 4.76. The molecule has 0 amide bonds. The monoisotopic (exact) mass is 326 g/mol. The van der Waals surface area contributed by atoms with Gasteiger partial charge in [-0.15, -0.1) is 0 Å². The van der Waals surface area contributed by atoms with Crippen molar-refractivity contribution in [1.29, 1.82) is 0 Å². The Labute approximate surface area is 140 Å². The molecule has 0 unspecified atom stereocenters. The zero-order valence-corrected chi connectivity index (χ0v) is 13.7. The minimum absolute atomic E-state index is 0.835. The summed E-state index contributed by atoms with van der Waals surface area (Å²) in [5.41, 5.74) is 3.39. The average molecular weight is 327 g/mol. The molecule has 1 aromatic heterocycles. The van der Waals surface area contributed by atoms with Gasteiger partial charge in [0.25, 0.3) is 0 Å². The fraction of sp³-hybridized carbons (Fsp3) is 0.278. The molecule has 2 heterocycles. The van der Waals surface area contributed by atoms with Crippen LogP contribution in [0, 0.1) is 0 Å². The van der Waals surface area contributed by atoms with Crippen LogP contribution in [0.1, 0.15) is 0 Å². The molecule has 4 nitrogen and oxygen atoms in total. The Morgan fingerprint density at radius 1 is 0.913 bits per heavy atom. The molecule has 1 saturated heterocycles. The van der Waals surface area contributed by atoms with Crippen molar-refractivity contribution in [2.45, 2.75) is 6.67 Å². The van der Waals surface area contributed by atoms with E-state index in [0.717, 1.165) is 49.1 Å². The molecule has 2 aromatic carbocycles. The Morgan fingerprint density at radius 3 is 2.48 bits per heavy atom. The lowest BCUT2D eigenvalue weighted by molar-refractivity contribution is 0.209. The largest absolute Gasteiger partial charge is 0.368 e. The first kappa shape index (κ1) is 14.5. The predicted molar refractivity (Wildman–Crippen MR) is 95.0 cm³/mol. The van der Waals surface area contributed by atoms with Gasteiger partial charge in [0.2, 0.25) is 0 Å². The van der Waals surface area contributed by atoms with Crippen molar-refractivity contribution < 1.29 is 0 Å². The predicted octanol–water partition coefficient (Wildman–Crippen LogP) is 3.47. The summed E-state index contributed by atoms with van der Waals surface area (Å²) in [5.74, 6) is 0. The highest BCUT2D eigenvalue weighted by molar-refractivity contribution is 6.33. The van der Waals surface area contributed by atoms with Gasteiger partial charge < -0.3 is 9.47 Å². The van der Waals surface area contributed by atoms with Gasteiger partial charge in [-0.2, -0.15) is 0 Å². The number of hydrogen-bond acceptors (Lipinski definition) is 3. The Morgan fingerprint density at radius 2 is 1.65 bits per heavy atom. The number of rotatable bonds is 3. The Balaban J connectivity index is 1.43. The van der Waals surface area contributed by atoms with Crippen LogP contribution in [0.5, 0.6) is 0 Å². The van der Waals surface area contributed by atoms with E-state index in [-0.39, 0.29) is 0 Å². The molecule has 0 N–H and O–H groups in total. The van der Waals surface area contributed by atoms with Gasteiger partial charge in [0.1, 0.15) is 0 Å². The number of fused-ring (bicyclic) bond motifs is 1. The zero-order valence-electron chi connectivity index (χ0n) is 12.9. The number of aromatic nitrogens is 2. The van der Waals surface area contributed by atoms with E-state index in [1.165, 1.54) is 5.52 Å². The van der Waals surface area contributed by atoms with Gasteiger partial charge in [-0.05, 0) is 24.3 Å². The lowest BCUT2D eigenvalue weighted by Gasteiger charge is -2.36. The molecule has 118 valence electrons. The summed E-state index contributed by atoms with van der Waals surface area (Å²) >= 11 is 6.31. The zero-order chi connectivity index (χ0) is 15.6. The summed E-state index contributed by atoms with van der Waals surface area (Å²) in [7, 11) is 0. The van der Waals surface area contributed by atoms with Gasteiger partial charge in [0.05, 0.1) is 34.7 Å². The highest BCUT2D eigenvalue weighted by atomic mass is 35.5. The summed E-state index contributed by atoms with van der Waals surface area (Å²) in [6, 6.07) is 16.4. The summed E-state index contributed by atoms with van der Waals surface area (Å²) in [5, 5.41) is 0.835. The van der Waals surface area contributed by atoms with Crippen LogP contribution >= 0.6 is 11.6 Å². The van der Waals surface area contributed by atoms with E-state index in [1.807, 2.05) is 30.6 Å². The molecule has 1 aliphatic rings. The number of benzene rings is 2. The molecule has 0 spiro atoms. The molecule has 0 radical (unpaired) electrons. The van der Waals surface area contributed by atoms with E-state index in [9.17, 15) is 0 Å². The second-order valence-corrected chi connectivity index (χ2v) is 6.31. The highest BCUT2D eigenvalue weighted by Gasteiger charge is 2.19. The molecule has 0 bridgehead atoms. The van der Waals surface area contributed by atoms with Crippen LogP contribution in [0.15, 0.2) is 54.9 Å². The van der Waals surface area contributed by atoms with Gasteiger partial charge in [0.15, 0.2) is 0 Å². The van der Waals surface area contributed by atoms with Crippen LogP contribution in [0.3, 0.4) is 0 Å². The third kappa shape index (κ3) is 2.92. The molecule has 3 aromatic rings. The molecule has 5 heteroatoms. The number of imidazole rings is 1. The molecule has 0 saturated carbocycles. The minimum atomic E-state index is 0.835. The number of halogens is 1. The number of nitrogens with zero attached hydrogens (tertiary/aromatic N) is 4. The van der Waals surface area contributed by atoms with Crippen molar-refractivity contribution in [3.8, 4) is 0 Å². The Bertz CT molecular complexity index is 805. The van der Waals surface area contributed by atoms with E-state index in [0.29, 0.717) is 0 Å². The second kappa shape index (κ2) is 6.22. The first-order chi connectivity index (χ1) is 11.3.